The minimum absolute atomic E-state index is 0.308. The van der Waals surface area contributed by atoms with Gasteiger partial charge < -0.3 is 13.9 Å². The van der Waals surface area contributed by atoms with Crippen molar-refractivity contribution in [1.29, 1.82) is 0 Å². The van der Waals surface area contributed by atoms with E-state index in [0.29, 0.717) is 11.6 Å². The second-order valence-corrected chi connectivity index (χ2v) is 12.7. The summed E-state index contributed by atoms with van der Waals surface area (Å²) in [6.07, 6.45) is 4.71. The number of unbranched alkanes of at least 4 members (excludes halogenated alkanes) is 3. The highest BCUT2D eigenvalue weighted by Gasteiger charge is 2.36. The van der Waals surface area contributed by atoms with Crippen molar-refractivity contribution in [1.82, 2.24) is 0 Å². The predicted molar refractivity (Wildman–Crippen MR) is 104 cm³/mol. The van der Waals surface area contributed by atoms with Crippen LogP contribution >= 0.6 is 0 Å². The van der Waals surface area contributed by atoms with Crippen LogP contribution in [0.2, 0.25) is 18.1 Å². The van der Waals surface area contributed by atoms with Crippen LogP contribution in [-0.4, -0.2) is 28.6 Å². The zero-order valence-corrected chi connectivity index (χ0v) is 17.5. The summed E-state index contributed by atoms with van der Waals surface area (Å²) in [5.41, 5.74) is 1.19. The fourth-order valence-electron chi connectivity index (χ4n) is 2.12. The van der Waals surface area contributed by atoms with Crippen molar-refractivity contribution in [3.63, 3.8) is 0 Å². The molecule has 1 rings (SSSR count). The fourth-order valence-corrected chi connectivity index (χ4v) is 3.20. The van der Waals surface area contributed by atoms with E-state index in [4.69, 9.17) is 13.9 Å². The average molecular weight is 353 g/mol. The zero-order valence-electron chi connectivity index (χ0n) is 16.5. The Morgan fingerprint density at radius 2 is 1.46 bits per heavy atom. The zero-order chi connectivity index (χ0) is 18.1. The molecule has 4 heteroatoms. The molecule has 0 unspecified atom stereocenters. The van der Waals surface area contributed by atoms with Gasteiger partial charge in [-0.15, -0.1) is 0 Å². The molecule has 0 aliphatic rings. The third-order valence-corrected chi connectivity index (χ3v) is 9.42. The lowest BCUT2D eigenvalue weighted by Crippen LogP contribution is -2.40. The summed E-state index contributed by atoms with van der Waals surface area (Å²) in [6.45, 7) is 13.9. The van der Waals surface area contributed by atoms with E-state index in [1.807, 2.05) is 12.1 Å². The number of benzene rings is 1. The van der Waals surface area contributed by atoms with Crippen molar-refractivity contribution < 1.29 is 13.9 Å². The molecule has 0 aromatic heterocycles. The molecule has 138 valence electrons. The van der Waals surface area contributed by atoms with E-state index in [-0.39, 0.29) is 0 Å². The second-order valence-electron chi connectivity index (χ2n) is 7.92. The third kappa shape index (κ3) is 7.82. The Morgan fingerprint density at radius 3 is 2.00 bits per heavy atom. The highest BCUT2D eigenvalue weighted by molar-refractivity contribution is 6.74. The Morgan fingerprint density at radius 1 is 0.875 bits per heavy atom. The van der Waals surface area contributed by atoms with Crippen LogP contribution in [0.4, 0.5) is 0 Å². The molecule has 3 nitrogen and oxygen atoms in total. The Labute approximate surface area is 149 Å². The average Bonchev–Trinajstić information content (AvgIpc) is 2.52. The molecule has 0 aliphatic carbocycles. The summed E-state index contributed by atoms with van der Waals surface area (Å²) >= 11 is 0. The lowest BCUT2D eigenvalue weighted by molar-refractivity contribution is 0.116. The van der Waals surface area contributed by atoms with Gasteiger partial charge >= 0.3 is 0 Å². The molecule has 1 aromatic rings. The topological polar surface area (TPSA) is 27.7 Å². The quantitative estimate of drug-likeness (QED) is 0.372. The monoisotopic (exact) mass is 352 g/mol. The number of methoxy groups -OCH3 is 1. The van der Waals surface area contributed by atoms with E-state index in [1.54, 1.807) is 7.11 Å². The van der Waals surface area contributed by atoms with E-state index in [0.717, 1.165) is 31.8 Å². The van der Waals surface area contributed by atoms with Crippen LogP contribution in [0.1, 0.15) is 52.0 Å². The number of hydrogen-bond acceptors (Lipinski definition) is 3. The van der Waals surface area contributed by atoms with E-state index in [1.165, 1.54) is 18.4 Å². The summed E-state index contributed by atoms with van der Waals surface area (Å²) in [5.74, 6) is 0.888. The Balaban J connectivity index is 2.01. The molecule has 0 spiro atoms. The molecule has 24 heavy (non-hydrogen) atoms. The molecule has 0 bridgehead atoms. The molecule has 0 heterocycles. The molecule has 0 amide bonds. The van der Waals surface area contributed by atoms with Gasteiger partial charge in [-0.1, -0.05) is 45.7 Å². The molecule has 1 aromatic carbocycles. The number of rotatable bonds is 11. The SMILES string of the molecule is COc1ccc(COCCCCCCO[Si](C)(C)C(C)(C)C)cc1. The van der Waals surface area contributed by atoms with Gasteiger partial charge in [-0.25, -0.2) is 0 Å². The van der Waals surface area contributed by atoms with Crippen molar-refractivity contribution >= 4 is 8.32 Å². The normalized spacial score (nSPS) is 12.4. The van der Waals surface area contributed by atoms with Gasteiger partial charge in [0.2, 0.25) is 0 Å². The molecule has 0 radical (unpaired) electrons. The number of ether oxygens (including phenoxy) is 2. The van der Waals surface area contributed by atoms with Gasteiger partial charge in [-0.05, 0) is 48.7 Å². The van der Waals surface area contributed by atoms with Crippen LogP contribution < -0.4 is 4.74 Å². The maximum absolute atomic E-state index is 6.20. The van der Waals surface area contributed by atoms with Crippen molar-refractivity contribution in [2.24, 2.45) is 0 Å². The summed E-state index contributed by atoms with van der Waals surface area (Å²) in [5, 5.41) is 0.308. The van der Waals surface area contributed by atoms with Crippen LogP contribution in [0.3, 0.4) is 0 Å². The summed E-state index contributed by atoms with van der Waals surface area (Å²) in [6, 6.07) is 8.05. The van der Waals surface area contributed by atoms with Crippen LogP contribution in [0.25, 0.3) is 0 Å². The molecule has 0 aliphatic heterocycles. The highest BCUT2D eigenvalue weighted by Crippen LogP contribution is 2.36. The van der Waals surface area contributed by atoms with E-state index >= 15 is 0 Å². The van der Waals surface area contributed by atoms with Gasteiger partial charge in [0.15, 0.2) is 8.32 Å². The van der Waals surface area contributed by atoms with Crippen molar-refractivity contribution in [2.45, 2.75) is 71.2 Å². The molecular formula is C20H36O3Si. The lowest BCUT2D eigenvalue weighted by atomic mass is 10.2. The third-order valence-electron chi connectivity index (χ3n) is 4.88. The second kappa shape index (κ2) is 10.2. The Kier molecular flexibility index (Phi) is 9.02. The largest absolute Gasteiger partial charge is 0.497 e. The van der Waals surface area contributed by atoms with Gasteiger partial charge in [0.25, 0.3) is 0 Å². The van der Waals surface area contributed by atoms with Crippen LogP contribution in [-0.2, 0) is 15.8 Å². The maximum Gasteiger partial charge on any atom is 0.191 e. The van der Waals surface area contributed by atoms with E-state index < -0.39 is 8.32 Å². The molecule has 0 N–H and O–H groups in total. The summed E-state index contributed by atoms with van der Waals surface area (Å²) in [4.78, 5) is 0. The first-order valence-electron chi connectivity index (χ1n) is 9.11. The number of hydrogen-bond donors (Lipinski definition) is 0. The molecule has 0 fully saturated rings. The minimum Gasteiger partial charge on any atom is -0.497 e. The molecule has 0 saturated heterocycles. The first kappa shape index (κ1) is 21.2. The smallest absolute Gasteiger partial charge is 0.191 e. The highest BCUT2D eigenvalue weighted by atomic mass is 28.4. The first-order chi connectivity index (χ1) is 11.3. The predicted octanol–water partition coefficient (Wildman–Crippen LogP) is 5.79. The lowest BCUT2D eigenvalue weighted by Gasteiger charge is -2.36. The van der Waals surface area contributed by atoms with E-state index in [9.17, 15) is 0 Å². The Bertz CT molecular complexity index is 449. The van der Waals surface area contributed by atoms with Crippen molar-refractivity contribution in [3.8, 4) is 5.75 Å². The first-order valence-corrected chi connectivity index (χ1v) is 12.0. The van der Waals surface area contributed by atoms with Crippen LogP contribution in [0, 0.1) is 0 Å². The molecule has 0 saturated carbocycles. The van der Waals surface area contributed by atoms with Gasteiger partial charge in [0, 0.05) is 13.2 Å². The van der Waals surface area contributed by atoms with Gasteiger partial charge in [-0.2, -0.15) is 0 Å². The van der Waals surface area contributed by atoms with Crippen LogP contribution in [0.15, 0.2) is 24.3 Å². The standard InChI is InChI=1S/C20H36O3Si/c1-20(2,3)24(5,6)23-16-10-8-7-9-15-22-17-18-11-13-19(21-4)14-12-18/h11-14H,7-10,15-17H2,1-6H3. The van der Waals surface area contributed by atoms with Gasteiger partial charge in [0.1, 0.15) is 5.75 Å². The minimum atomic E-state index is -1.56. The van der Waals surface area contributed by atoms with Crippen molar-refractivity contribution in [3.05, 3.63) is 29.8 Å². The van der Waals surface area contributed by atoms with Gasteiger partial charge in [-0.3, -0.25) is 0 Å². The molecule has 0 atom stereocenters. The molecular weight excluding hydrogens is 316 g/mol. The Hall–Kier alpha value is -0.843. The summed E-state index contributed by atoms with van der Waals surface area (Å²) < 4.78 is 17.1. The van der Waals surface area contributed by atoms with Gasteiger partial charge in [0.05, 0.1) is 13.7 Å². The maximum atomic E-state index is 6.20. The van der Waals surface area contributed by atoms with Crippen LogP contribution in [0.5, 0.6) is 5.75 Å². The summed E-state index contributed by atoms with van der Waals surface area (Å²) in [7, 11) is 0.119. The fraction of sp³-hybridized carbons (Fsp3) is 0.700. The van der Waals surface area contributed by atoms with Crippen molar-refractivity contribution in [2.75, 3.05) is 20.3 Å². The van der Waals surface area contributed by atoms with E-state index in [2.05, 4.69) is 46.0 Å².